The van der Waals surface area contributed by atoms with Crippen molar-refractivity contribution in [3.05, 3.63) is 72.4 Å². The van der Waals surface area contributed by atoms with Crippen molar-refractivity contribution in [1.82, 2.24) is 9.97 Å². The number of aromatic nitrogens is 2. The van der Waals surface area contributed by atoms with Gasteiger partial charge in [0.2, 0.25) is 0 Å². The van der Waals surface area contributed by atoms with Crippen LogP contribution in [0.2, 0.25) is 0 Å². The molecular weight excluding hydrogens is 348 g/mol. The predicted molar refractivity (Wildman–Crippen MR) is 106 cm³/mol. The molecule has 25 heavy (non-hydrogen) atoms. The van der Waals surface area contributed by atoms with Gasteiger partial charge in [0, 0.05) is 16.7 Å². The Morgan fingerprint density at radius 3 is 2.48 bits per heavy atom. The van der Waals surface area contributed by atoms with E-state index in [-0.39, 0.29) is 0 Å². The third kappa shape index (κ3) is 3.67. The highest BCUT2D eigenvalue weighted by molar-refractivity contribution is 7.99. The number of para-hydroxylation sites is 1. The van der Waals surface area contributed by atoms with Gasteiger partial charge >= 0.3 is 0 Å². The largest absolute Gasteiger partial charge is 0.493 e. The molecule has 4 rings (SSSR count). The summed E-state index contributed by atoms with van der Waals surface area (Å²) in [6, 6.07) is 20.3. The van der Waals surface area contributed by atoms with Crippen molar-refractivity contribution in [3.63, 3.8) is 0 Å². The summed E-state index contributed by atoms with van der Waals surface area (Å²) < 4.78 is 5.77. The number of thiophene rings is 1. The normalized spacial score (nSPS) is 10.9. The van der Waals surface area contributed by atoms with Crippen LogP contribution in [0.5, 0.6) is 5.75 Å². The number of ether oxygens (including phenoxy) is 1. The summed E-state index contributed by atoms with van der Waals surface area (Å²) in [5, 5.41) is 4.32. The molecule has 0 saturated carbocycles. The predicted octanol–water partition coefficient (Wildman–Crippen LogP) is 5.53. The Hall–Kier alpha value is -2.37. The second kappa shape index (κ2) is 7.68. The van der Waals surface area contributed by atoms with E-state index in [9.17, 15) is 0 Å². The number of hydrogen-bond acceptors (Lipinski definition) is 5. The summed E-state index contributed by atoms with van der Waals surface area (Å²) in [4.78, 5) is 9.97. The summed E-state index contributed by atoms with van der Waals surface area (Å²) >= 11 is 3.38. The maximum atomic E-state index is 5.77. The molecule has 2 heterocycles. The van der Waals surface area contributed by atoms with Gasteiger partial charge in [-0.3, -0.25) is 0 Å². The Bertz CT molecular complexity index is 955. The minimum atomic E-state index is 0.644. The highest BCUT2D eigenvalue weighted by atomic mass is 32.2. The summed E-state index contributed by atoms with van der Waals surface area (Å²) in [5.74, 6) is 1.74. The van der Waals surface area contributed by atoms with E-state index in [4.69, 9.17) is 4.74 Å². The lowest BCUT2D eigenvalue weighted by molar-refractivity contribution is 0.344. The van der Waals surface area contributed by atoms with Crippen LogP contribution in [0.3, 0.4) is 0 Å². The lowest BCUT2D eigenvalue weighted by atomic mass is 10.1. The zero-order valence-electron chi connectivity index (χ0n) is 13.5. The molecule has 2 aromatic carbocycles. The first-order valence-corrected chi connectivity index (χ1v) is 9.86. The molecule has 3 nitrogen and oxygen atoms in total. The van der Waals surface area contributed by atoms with Crippen LogP contribution in [0.15, 0.2) is 77.4 Å². The van der Waals surface area contributed by atoms with Gasteiger partial charge in [-0.1, -0.05) is 48.5 Å². The van der Waals surface area contributed by atoms with Crippen LogP contribution in [0.4, 0.5) is 0 Å². The molecule has 0 unspecified atom stereocenters. The molecule has 0 atom stereocenters. The summed E-state index contributed by atoms with van der Waals surface area (Å²) in [7, 11) is 0. The van der Waals surface area contributed by atoms with E-state index in [1.165, 1.54) is 11.1 Å². The minimum absolute atomic E-state index is 0.644. The first kappa shape index (κ1) is 16.1. The number of hydrogen-bond donors (Lipinski definition) is 0. The zero-order valence-corrected chi connectivity index (χ0v) is 15.1. The molecule has 0 aliphatic rings. The average molecular weight is 364 g/mol. The summed E-state index contributed by atoms with van der Waals surface area (Å²) in [5.41, 5.74) is 2.40. The van der Waals surface area contributed by atoms with E-state index in [0.29, 0.717) is 6.61 Å². The fourth-order valence-electron chi connectivity index (χ4n) is 2.60. The molecule has 0 bridgehead atoms. The first-order chi connectivity index (χ1) is 12.4. The molecule has 5 heteroatoms. The lowest BCUT2D eigenvalue weighted by Gasteiger charge is -2.07. The number of rotatable bonds is 6. The minimum Gasteiger partial charge on any atom is -0.493 e. The van der Waals surface area contributed by atoms with Crippen molar-refractivity contribution in [2.75, 3.05) is 12.4 Å². The van der Waals surface area contributed by atoms with Crippen molar-refractivity contribution < 1.29 is 4.74 Å². The van der Waals surface area contributed by atoms with Crippen molar-refractivity contribution in [2.45, 2.75) is 5.03 Å². The third-order valence-corrected chi connectivity index (χ3v) is 5.59. The van der Waals surface area contributed by atoms with Crippen molar-refractivity contribution >= 4 is 33.3 Å². The molecule has 4 aromatic rings. The van der Waals surface area contributed by atoms with Gasteiger partial charge in [-0.25, -0.2) is 9.97 Å². The topological polar surface area (TPSA) is 35.0 Å². The molecule has 0 N–H and O–H groups in total. The molecule has 0 aliphatic carbocycles. The Morgan fingerprint density at radius 2 is 1.68 bits per heavy atom. The van der Waals surface area contributed by atoms with Crippen molar-refractivity contribution in [2.24, 2.45) is 0 Å². The second-order valence-electron chi connectivity index (χ2n) is 5.38. The Balaban J connectivity index is 1.52. The fraction of sp³-hybridized carbons (Fsp3) is 0.100. The van der Waals surface area contributed by atoms with E-state index < -0.39 is 0 Å². The second-order valence-corrected chi connectivity index (χ2v) is 7.33. The molecular formula is C20H16N2OS2. The van der Waals surface area contributed by atoms with Crippen LogP contribution in [0.25, 0.3) is 21.3 Å². The van der Waals surface area contributed by atoms with Crippen LogP contribution in [0, 0.1) is 0 Å². The number of nitrogens with zero attached hydrogens (tertiary/aromatic N) is 2. The van der Waals surface area contributed by atoms with Crippen LogP contribution in [-0.2, 0) is 0 Å². The fourth-order valence-corrected chi connectivity index (χ4v) is 4.42. The first-order valence-electron chi connectivity index (χ1n) is 8.00. The molecule has 124 valence electrons. The van der Waals surface area contributed by atoms with Gasteiger partial charge < -0.3 is 4.74 Å². The van der Waals surface area contributed by atoms with Gasteiger partial charge in [0.15, 0.2) is 0 Å². The van der Waals surface area contributed by atoms with Gasteiger partial charge in [0.1, 0.15) is 21.9 Å². The van der Waals surface area contributed by atoms with Crippen molar-refractivity contribution in [3.8, 4) is 16.9 Å². The van der Waals surface area contributed by atoms with Crippen LogP contribution in [0.1, 0.15) is 0 Å². The lowest BCUT2D eigenvalue weighted by Crippen LogP contribution is -2.00. The number of benzene rings is 2. The molecule has 2 aromatic heterocycles. The van der Waals surface area contributed by atoms with E-state index in [1.54, 1.807) is 29.4 Å². The van der Waals surface area contributed by atoms with E-state index >= 15 is 0 Å². The summed E-state index contributed by atoms with van der Waals surface area (Å²) in [6.45, 7) is 0.644. The smallest absolute Gasteiger partial charge is 0.128 e. The molecule has 0 amide bonds. The maximum absolute atomic E-state index is 5.77. The van der Waals surface area contributed by atoms with Crippen molar-refractivity contribution in [1.29, 1.82) is 0 Å². The zero-order chi connectivity index (χ0) is 16.9. The average Bonchev–Trinajstić information content (AvgIpc) is 3.12. The maximum Gasteiger partial charge on any atom is 0.128 e. The summed E-state index contributed by atoms with van der Waals surface area (Å²) in [6.07, 6.45) is 1.65. The van der Waals surface area contributed by atoms with E-state index in [0.717, 1.165) is 26.7 Å². The van der Waals surface area contributed by atoms with Crippen LogP contribution < -0.4 is 4.74 Å². The van der Waals surface area contributed by atoms with Crippen LogP contribution in [-0.4, -0.2) is 22.3 Å². The monoisotopic (exact) mass is 364 g/mol. The SMILES string of the molecule is c1ccc(OCCSc2ncnc3scc(-c4ccccc4)c23)cc1. The number of fused-ring (bicyclic) bond motifs is 1. The van der Waals surface area contributed by atoms with Gasteiger partial charge in [0.25, 0.3) is 0 Å². The van der Waals surface area contributed by atoms with Gasteiger partial charge in [0.05, 0.1) is 12.0 Å². The molecule has 0 fully saturated rings. The van der Waals surface area contributed by atoms with Gasteiger partial charge in [-0.05, 0) is 17.7 Å². The third-order valence-electron chi connectivity index (χ3n) is 3.75. The van der Waals surface area contributed by atoms with Crippen LogP contribution >= 0.6 is 23.1 Å². The molecule has 0 spiro atoms. The molecule has 0 radical (unpaired) electrons. The Kier molecular flexibility index (Phi) is 4.95. The number of thioether (sulfide) groups is 1. The van der Waals surface area contributed by atoms with Gasteiger partial charge in [-0.15, -0.1) is 23.1 Å². The Morgan fingerprint density at radius 1 is 0.920 bits per heavy atom. The quantitative estimate of drug-likeness (QED) is 0.256. The Labute approximate surface area is 154 Å². The standard InChI is InChI=1S/C20H16N2OS2/c1-3-7-15(8-4-1)17-13-25-20-18(17)19(21-14-22-20)24-12-11-23-16-9-5-2-6-10-16/h1-10,13-14H,11-12H2. The van der Waals surface area contributed by atoms with E-state index in [2.05, 4.69) is 39.6 Å². The highest BCUT2D eigenvalue weighted by Gasteiger charge is 2.13. The molecule has 0 saturated heterocycles. The highest BCUT2D eigenvalue weighted by Crippen LogP contribution is 2.37. The van der Waals surface area contributed by atoms with Gasteiger partial charge in [-0.2, -0.15) is 0 Å². The van der Waals surface area contributed by atoms with E-state index in [1.807, 2.05) is 36.4 Å². The molecule has 0 aliphatic heterocycles.